The average Bonchev–Trinajstić information content (AvgIpc) is 2.69. The van der Waals surface area contributed by atoms with Gasteiger partial charge >= 0.3 is 0 Å². The Morgan fingerprint density at radius 2 is 1.86 bits per heavy atom. The van der Waals surface area contributed by atoms with Crippen molar-refractivity contribution in [3.05, 3.63) is 53.8 Å². The van der Waals surface area contributed by atoms with E-state index >= 15 is 0 Å². The lowest BCUT2D eigenvalue weighted by Gasteiger charge is -2.13. The summed E-state index contributed by atoms with van der Waals surface area (Å²) in [7, 11) is 3.24. The highest BCUT2D eigenvalue weighted by atomic mass is 127. The molecule has 0 atom stereocenters. The van der Waals surface area contributed by atoms with Gasteiger partial charge in [0.05, 0.1) is 27.3 Å². The molecule has 0 aliphatic carbocycles. The number of nitrogens with zero attached hydrogens (tertiary/aromatic N) is 1. The Morgan fingerprint density at radius 3 is 2.54 bits per heavy atom. The largest absolute Gasteiger partial charge is 0.497 e. The molecule has 0 amide bonds. The van der Waals surface area contributed by atoms with E-state index in [4.69, 9.17) is 14.2 Å². The van der Waals surface area contributed by atoms with Gasteiger partial charge in [-0.05, 0) is 31.2 Å². The Balaban J connectivity index is 0.00000392. The van der Waals surface area contributed by atoms with Crippen LogP contribution in [-0.2, 0) is 6.54 Å². The number of aliphatic imine (C=N–C) groups is 1. The molecule has 0 saturated heterocycles. The van der Waals surface area contributed by atoms with E-state index in [-0.39, 0.29) is 29.8 Å². The van der Waals surface area contributed by atoms with Crippen molar-refractivity contribution in [3.8, 4) is 17.2 Å². The highest BCUT2D eigenvalue weighted by Crippen LogP contribution is 2.25. The molecule has 0 radical (unpaired) electrons. The van der Waals surface area contributed by atoms with Gasteiger partial charge in [-0.1, -0.05) is 6.07 Å². The molecule has 0 aliphatic heterocycles. The highest BCUT2D eigenvalue weighted by molar-refractivity contribution is 14.0. The van der Waals surface area contributed by atoms with E-state index in [2.05, 4.69) is 15.6 Å². The van der Waals surface area contributed by atoms with Crippen LogP contribution in [0.15, 0.2) is 47.5 Å². The summed E-state index contributed by atoms with van der Waals surface area (Å²) in [5.74, 6) is 2.31. The van der Waals surface area contributed by atoms with E-state index in [9.17, 15) is 4.39 Å². The van der Waals surface area contributed by atoms with Crippen LogP contribution in [0.4, 0.5) is 4.39 Å². The number of benzene rings is 2. The van der Waals surface area contributed by atoms with Crippen molar-refractivity contribution in [1.82, 2.24) is 10.6 Å². The second-order valence-electron chi connectivity index (χ2n) is 5.61. The SMILES string of the molecule is CCNC(=NCc1ccc(OC)cc1OC)NCCOc1cccc(F)c1.I. The average molecular weight is 503 g/mol. The van der Waals surface area contributed by atoms with E-state index in [0.717, 1.165) is 23.6 Å². The van der Waals surface area contributed by atoms with Crippen molar-refractivity contribution in [1.29, 1.82) is 0 Å². The van der Waals surface area contributed by atoms with E-state index in [1.807, 2.05) is 25.1 Å². The van der Waals surface area contributed by atoms with Gasteiger partial charge in [-0.15, -0.1) is 24.0 Å². The van der Waals surface area contributed by atoms with Crippen LogP contribution in [0.5, 0.6) is 17.2 Å². The van der Waals surface area contributed by atoms with Crippen molar-refractivity contribution >= 4 is 29.9 Å². The smallest absolute Gasteiger partial charge is 0.191 e. The Morgan fingerprint density at radius 1 is 1.04 bits per heavy atom. The molecular weight excluding hydrogens is 476 g/mol. The lowest BCUT2D eigenvalue weighted by molar-refractivity contribution is 0.320. The molecule has 2 N–H and O–H groups in total. The van der Waals surface area contributed by atoms with Crippen LogP contribution in [0.2, 0.25) is 0 Å². The summed E-state index contributed by atoms with van der Waals surface area (Å²) < 4.78 is 29.3. The zero-order valence-electron chi connectivity index (χ0n) is 16.3. The van der Waals surface area contributed by atoms with Crippen LogP contribution in [0, 0.1) is 5.82 Å². The molecule has 2 aromatic rings. The first-order chi connectivity index (χ1) is 13.2. The van der Waals surface area contributed by atoms with E-state index in [1.54, 1.807) is 26.4 Å². The van der Waals surface area contributed by atoms with Crippen molar-refractivity contribution in [2.75, 3.05) is 33.9 Å². The summed E-state index contributed by atoms with van der Waals surface area (Å²) in [5, 5.41) is 6.37. The zero-order chi connectivity index (χ0) is 19.5. The van der Waals surface area contributed by atoms with E-state index < -0.39 is 0 Å². The van der Waals surface area contributed by atoms with Gasteiger partial charge in [0.2, 0.25) is 0 Å². The van der Waals surface area contributed by atoms with Gasteiger partial charge in [0, 0.05) is 24.2 Å². The minimum atomic E-state index is -0.316. The predicted octanol–water partition coefficient (Wildman–Crippen LogP) is 3.60. The van der Waals surface area contributed by atoms with E-state index in [1.165, 1.54) is 12.1 Å². The van der Waals surface area contributed by atoms with Gasteiger partial charge in [0.15, 0.2) is 5.96 Å². The van der Waals surface area contributed by atoms with Crippen LogP contribution >= 0.6 is 24.0 Å². The minimum absolute atomic E-state index is 0. The maximum absolute atomic E-state index is 13.1. The first-order valence-corrected chi connectivity index (χ1v) is 8.77. The molecule has 0 spiro atoms. The molecular formula is C20H27FIN3O3. The number of methoxy groups -OCH3 is 2. The maximum atomic E-state index is 13.1. The fourth-order valence-corrected chi connectivity index (χ4v) is 2.38. The summed E-state index contributed by atoms with van der Waals surface area (Å²) >= 11 is 0. The molecule has 6 nitrogen and oxygen atoms in total. The summed E-state index contributed by atoms with van der Waals surface area (Å²) in [5.41, 5.74) is 0.950. The number of hydrogen-bond donors (Lipinski definition) is 2. The number of ether oxygens (including phenoxy) is 3. The quantitative estimate of drug-likeness (QED) is 0.237. The lowest BCUT2D eigenvalue weighted by Crippen LogP contribution is -2.39. The fraction of sp³-hybridized carbons (Fsp3) is 0.350. The molecule has 0 unspecified atom stereocenters. The van der Waals surface area contributed by atoms with Crippen LogP contribution in [0.3, 0.4) is 0 Å². The molecule has 0 heterocycles. The molecule has 154 valence electrons. The molecule has 0 saturated carbocycles. The molecule has 0 aliphatic rings. The van der Waals surface area contributed by atoms with Gasteiger partial charge < -0.3 is 24.8 Å². The molecule has 0 fully saturated rings. The number of nitrogens with one attached hydrogen (secondary N) is 2. The first kappa shape index (κ1) is 23.8. The third-order valence-electron chi connectivity index (χ3n) is 3.71. The van der Waals surface area contributed by atoms with Crippen molar-refractivity contribution < 1.29 is 18.6 Å². The Bertz CT molecular complexity index is 759. The van der Waals surface area contributed by atoms with Crippen LogP contribution in [0.1, 0.15) is 12.5 Å². The monoisotopic (exact) mass is 503 g/mol. The molecule has 8 heteroatoms. The third kappa shape index (κ3) is 7.79. The fourth-order valence-electron chi connectivity index (χ4n) is 2.38. The number of rotatable bonds is 9. The van der Waals surface area contributed by atoms with Crippen molar-refractivity contribution in [2.24, 2.45) is 4.99 Å². The normalized spacial score (nSPS) is 10.6. The maximum Gasteiger partial charge on any atom is 0.191 e. The van der Waals surface area contributed by atoms with Gasteiger partial charge in [0.1, 0.15) is 29.7 Å². The standard InChI is InChI=1S/C20H26FN3O3.HI/c1-4-22-20(23-10-11-27-18-7-5-6-16(21)12-18)24-14-15-8-9-17(25-2)13-19(15)26-3;/h5-9,12-13H,4,10-11,14H2,1-3H3,(H2,22,23,24);1H. The molecule has 28 heavy (non-hydrogen) atoms. The molecule has 2 rings (SSSR count). The summed E-state index contributed by atoms with van der Waals surface area (Å²) in [6.07, 6.45) is 0. The zero-order valence-corrected chi connectivity index (χ0v) is 18.7. The van der Waals surface area contributed by atoms with Gasteiger partial charge in [-0.25, -0.2) is 9.38 Å². The van der Waals surface area contributed by atoms with Crippen LogP contribution in [0.25, 0.3) is 0 Å². The summed E-state index contributed by atoms with van der Waals surface area (Å²) in [4.78, 5) is 4.56. The lowest BCUT2D eigenvalue weighted by atomic mass is 10.2. The summed E-state index contributed by atoms with van der Waals surface area (Å²) in [6.45, 7) is 4.10. The number of halogens is 2. The van der Waals surface area contributed by atoms with Gasteiger partial charge in [-0.3, -0.25) is 0 Å². The van der Waals surface area contributed by atoms with Gasteiger partial charge in [-0.2, -0.15) is 0 Å². The Labute approximate surface area is 182 Å². The van der Waals surface area contributed by atoms with Crippen LogP contribution in [-0.4, -0.2) is 39.9 Å². The molecule has 2 aromatic carbocycles. The number of hydrogen-bond acceptors (Lipinski definition) is 4. The van der Waals surface area contributed by atoms with Gasteiger partial charge in [0.25, 0.3) is 0 Å². The third-order valence-corrected chi connectivity index (χ3v) is 3.71. The second kappa shape index (κ2) is 13.0. The Hall–Kier alpha value is -2.23. The molecule has 0 bridgehead atoms. The highest BCUT2D eigenvalue weighted by Gasteiger charge is 2.05. The topological polar surface area (TPSA) is 64.1 Å². The second-order valence-corrected chi connectivity index (χ2v) is 5.61. The first-order valence-electron chi connectivity index (χ1n) is 8.77. The minimum Gasteiger partial charge on any atom is -0.497 e. The van der Waals surface area contributed by atoms with E-state index in [0.29, 0.717) is 31.4 Å². The van der Waals surface area contributed by atoms with Crippen LogP contribution < -0.4 is 24.8 Å². The summed E-state index contributed by atoms with van der Waals surface area (Å²) in [6, 6.07) is 11.7. The number of guanidine groups is 1. The van der Waals surface area contributed by atoms with Crippen molar-refractivity contribution in [3.63, 3.8) is 0 Å². The van der Waals surface area contributed by atoms with Crippen molar-refractivity contribution in [2.45, 2.75) is 13.5 Å². The Kier molecular flexibility index (Phi) is 11.1. The predicted molar refractivity (Wildman–Crippen MR) is 120 cm³/mol. The molecule has 0 aromatic heterocycles.